The van der Waals surface area contributed by atoms with Gasteiger partial charge in [-0.05, 0) is 55.0 Å². The first-order chi connectivity index (χ1) is 10.8. The SMILES string of the molecule is CSc1ccc(-c2ccc3n(c2=O)CC2CNCC3C2)cc1. The van der Waals surface area contributed by atoms with Crippen molar-refractivity contribution in [3.8, 4) is 11.1 Å². The summed E-state index contributed by atoms with van der Waals surface area (Å²) in [7, 11) is 0. The van der Waals surface area contributed by atoms with Crippen LogP contribution in [-0.2, 0) is 6.54 Å². The molecular formula is C18H20N2OS. The molecule has 2 atom stereocenters. The van der Waals surface area contributed by atoms with E-state index >= 15 is 0 Å². The normalized spacial score (nSPS) is 23.1. The van der Waals surface area contributed by atoms with Crippen LogP contribution in [0.4, 0.5) is 0 Å². The summed E-state index contributed by atoms with van der Waals surface area (Å²) in [4.78, 5) is 14.2. The molecule has 2 aliphatic rings. The molecule has 114 valence electrons. The van der Waals surface area contributed by atoms with E-state index in [9.17, 15) is 4.79 Å². The Morgan fingerprint density at radius 3 is 2.73 bits per heavy atom. The number of rotatable bonds is 2. The molecule has 0 radical (unpaired) electrons. The maximum Gasteiger partial charge on any atom is 0.258 e. The molecule has 1 aromatic carbocycles. The van der Waals surface area contributed by atoms with Gasteiger partial charge in [0.15, 0.2) is 0 Å². The number of piperidine rings is 1. The zero-order chi connectivity index (χ0) is 15.1. The van der Waals surface area contributed by atoms with Crippen LogP contribution in [0.15, 0.2) is 46.1 Å². The van der Waals surface area contributed by atoms with Crippen molar-refractivity contribution in [3.63, 3.8) is 0 Å². The van der Waals surface area contributed by atoms with Crippen molar-refractivity contribution in [1.29, 1.82) is 0 Å². The van der Waals surface area contributed by atoms with E-state index in [1.165, 1.54) is 17.0 Å². The molecule has 3 nitrogen and oxygen atoms in total. The molecule has 1 fully saturated rings. The average molecular weight is 312 g/mol. The Labute approximate surface area is 134 Å². The Bertz CT molecular complexity index is 751. The van der Waals surface area contributed by atoms with Gasteiger partial charge in [0, 0.05) is 35.2 Å². The number of fused-ring (bicyclic) bond motifs is 4. The molecule has 4 heteroatoms. The Morgan fingerprint density at radius 1 is 1.14 bits per heavy atom. The molecule has 4 rings (SSSR count). The topological polar surface area (TPSA) is 34.0 Å². The molecule has 1 saturated heterocycles. The minimum Gasteiger partial charge on any atom is -0.316 e. The van der Waals surface area contributed by atoms with Gasteiger partial charge in [-0.1, -0.05) is 12.1 Å². The minimum atomic E-state index is 0.172. The number of nitrogens with zero attached hydrogens (tertiary/aromatic N) is 1. The van der Waals surface area contributed by atoms with Crippen molar-refractivity contribution in [2.75, 3.05) is 19.3 Å². The fourth-order valence-corrected chi connectivity index (χ4v) is 4.19. The first-order valence-electron chi connectivity index (χ1n) is 7.85. The zero-order valence-electron chi connectivity index (χ0n) is 12.7. The summed E-state index contributed by atoms with van der Waals surface area (Å²) in [6.45, 7) is 2.89. The molecule has 2 aromatic rings. The van der Waals surface area contributed by atoms with E-state index in [-0.39, 0.29) is 5.56 Å². The van der Waals surface area contributed by atoms with E-state index in [0.717, 1.165) is 30.8 Å². The predicted molar refractivity (Wildman–Crippen MR) is 91.6 cm³/mol. The van der Waals surface area contributed by atoms with Crippen LogP contribution in [0.3, 0.4) is 0 Å². The zero-order valence-corrected chi connectivity index (χ0v) is 13.5. The van der Waals surface area contributed by atoms with E-state index in [4.69, 9.17) is 0 Å². The van der Waals surface area contributed by atoms with Crippen LogP contribution < -0.4 is 10.9 Å². The molecule has 0 saturated carbocycles. The van der Waals surface area contributed by atoms with E-state index < -0.39 is 0 Å². The van der Waals surface area contributed by atoms with Gasteiger partial charge in [0.2, 0.25) is 0 Å². The molecule has 2 bridgehead atoms. The van der Waals surface area contributed by atoms with Gasteiger partial charge in [0.05, 0.1) is 0 Å². The quantitative estimate of drug-likeness (QED) is 0.866. The Hall–Kier alpha value is -1.52. The first-order valence-corrected chi connectivity index (χ1v) is 9.07. The van der Waals surface area contributed by atoms with Crippen LogP contribution in [0.1, 0.15) is 18.0 Å². The Balaban J connectivity index is 1.79. The molecule has 2 aliphatic heterocycles. The first kappa shape index (κ1) is 14.1. The number of pyridine rings is 1. The third-order valence-corrected chi connectivity index (χ3v) is 5.65. The van der Waals surface area contributed by atoms with Crippen molar-refractivity contribution in [2.45, 2.75) is 23.8 Å². The second-order valence-electron chi connectivity index (χ2n) is 6.27. The molecule has 22 heavy (non-hydrogen) atoms. The minimum absolute atomic E-state index is 0.172. The van der Waals surface area contributed by atoms with Crippen molar-refractivity contribution in [1.82, 2.24) is 9.88 Å². The van der Waals surface area contributed by atoms with E-state index in [0.29, 0.717) is 11.8 Å². The lowest BCUT2D eigenvalue weighted by atomic mass is 9.84. The smallest absolute Gasteiger partial charge is 0.258 e. The summed E-state index contributed by atoms with van der Waals surface area (Å²) in [5, 5.41) is 3.49. The summed E-state index contributed by atoms with van der Waals surface area (Å²) in [6, 6.07) is 12.5. The fraction of sp³-hybridized carbons (Fsp3) is 0.389. The van der Waals surface area contributed by atoms with Crippen molar-refractivity contribution < 1.29 is 0 Å². The molecular weight excluding hydrogens is 292 g/mol. The summed E-state index contributed by atoms with van der Waals surface area (Å²) >= 11 is 1.72. The van der Waals surface area contributed by atoms with Crippen LogP contribution in [0, 0.1) is 5.92 Å². The maximum atomic E-state index is 12.9. The lowest BCUT2D eigenvalue weighted by molar-refractivity contribution is 0.257. The van der Waals surface area contributed by atoms with Gasteiger partial charge in [0.25, 0.3) is 5.56 Å². The molecule has 0 spiro atoms. The summed E-state index contributed by atoms with van der Waals surface area (Å²) in [5.41, 5.74) is 3.22. The fourth-order valence-electron chi connectivity index (χ4n) is 3.78. The third-order valence-electron chi connectivity index (χ3n) is 4.91. The molecule has 3 heterocycles. The number of hydrogen-bond acceptors (Lipinski definition) is 3. The summed E-state index contributed by atoms with van der Waals surface area (Å²) < 4.78 is 2.03. The molecule has 1 aromatic heterocycles. The molecule has 2 unspecified atom stereocenters. The predicted octanol–water partition coefficient (Wildman–Crippen LogP) is 2.94. The number of nitrogens with one attached hydrogen (secondary N) is 1. The summed E-state index contributed by atoms with van der Waals surface area (Å²) in [6.07, 6.45) is 3.28. The number of thioether (sulfide) groups is 1. The van der Waals surface area contributed by atoms with Gasteiger partial charge >= 0.3 is 0 Å². The highest BCUT2D eigenvalue weighted by Crippen LogP contribution is 2.32. The van der Waals surface area contributed by atoms with Crippen molar-refractivity contribution in [3.05, 3.63) is 52.4 Å². The van der Waals surface area contributed by atoms with Gasteiger partial charge in [-0.2, -0.15) is 0 Å². The van der Waals surface area contributed by atoms with E-state index in [2.05, 4.69) is 41.9 Å². The lowest BCUT2D eigenvalue weighted by Crippen LogP contribution is -2.45. The second kappa shape index (κ2) is 5.60. The van der Waals surface area contributed by atoms with Crippen molar-refractivity contribution >= 4 is 11.8 Å². The highest BCUT2D eigenvalue weighted by molar-refractivity contribution is 7.98. The van der Waals surface area contributed by atoms with Gasteiger partial charge in [-0.15, -0.1) is 11.8 Å². The van der Waals surface area contributed by atoms with Crippen LogP contribution in [-0.4, -0.2) is 23.9 Å². The third kappa shape index (κ3) is 2.31. The van der Waals surface area contributed by atoms with Gasteiger partial charge in [-0.25, -0.2) is 0 Å². The highest BCUT2D eigenvalue weighted by atomic mass is 32.2. The van der Waals surface area contributed by atoms with Crippen LogP contribution in [0.2, 0.25) is 0 Å². The standard InChI is InChI=1S/C18H20N2OS/c1-22-15-4-2-13(3-5-15)16-6-7-17-14-8-12(9-19-10-14)11-20(17)18(16)21/h2-7,12,14,19H,8-11H2,1H3. The largest absolute Gasteiger partial charge is 0.316 e. The van der Waals surface area contributed by atoms with Crippen molar-refractivity contribution in [2.24, 2.45) is 5.92 Å². The highest BCUT2D eigenvalue weighted by Gasteiger charge is 2.31. The van der Waals surface area contributed by atoms with Crippen LogP contribution in [0.5, 0.6) is 0 Å². The van der Waals surface area contributed by atoms with Crippen LogP contribution in [0.25, 0.3) is 11.1 Å². The summed E-state index contributed by atoms with van der Waals surface area (Å²) in [5.74, 6) is 1.09. The molecule has 1 N–H and O–H groups in total. The van der Waals surface area contributed by atoms with Gasteiger partial charge < -0.3 is 9.88 Å². The molecule has 0 aliphatic carbocycles. The monoisotopic (exact) mass is 312 g/mol. The van der Waals surface area contributed by atoms with E-state index in [1.54, 1.807) is 11.8 Å². The lowest BCUT2D eigenvalue weighted by Gasteiger charge is -2.37. The number of hydrogen-bond donors (Lipinski definition) is 1. The number of aromatic nitrogens is 1. The van der Waals surface area contributed by atoms with E-state index in [1.807, 2.05) is 10.6 Å². The molecule has 0 amide bonds. The number of benzene rings is 1. The Morgan fingerprint density at radius 2 is 1.95 bits per heavy atom. The second-order valence-corrected chi connectivity index (χ2v) is 7.15. The Kier molecular flexibility index (Phi) is 3.59. The average Bonchev–Trinajstić information content (AvgIpc) is 2.56. The van der Waals surface area contributed by atoms with Gasteiger partial charge in [-0.3, -0.25) is 4.79 Å². The van der Waals surface area contributed by atoms with Crippen LogP contribution >= 0.6 is 11.8 Å². The maximum absolute atomic E-state index is 12.9. The van der Waals surface area contributed by atoms with Gasteiger partial charge in [0.1, 0.15) is 0 Å².